The molecule has 1 rings (SSSR count). The van der Waals surface area contributed by atoms with Gasteiger partial charge in [-0.1, -0.05) is 46.0 Å². The van der Waals surface area contributed by atoms with E-state index in [1.165, 1.54) is 37.0 Å². The van der Waals surface area contributed by atoms with Crippen LogP contribution >= 0.6 is 11.3 Å². The van der Waals surface area contributed by atoms with Crippen LogP contribution in [0.1, 0.15) is 75.6 Å². The summed E-state index contributed by atoms with van der Waals surface area (Å²) in [4.78, 5) is 12.0. The average Bonchev–Trinajstić information content (AvgIpc) is 2.94. The quantitative estimate of drug-likeness (QED) is 0.422. The molecule has 0 fully saturated rings. The fourth-order valence-corrected chi connectivity index (χ4v) is 2.72. The summed E-state index contributed by atoms with van der Waals surface area (Å²) in [5, 5.41) is 3.77. The molecular formula is C16H26O2S. The summed E-state index contributed by atoms with van der Waals surface area (Å²) in [6.45, 7) is 4.39. The second kappa shape index (κ2) is 10.0. The number of thiophene rings is 1. The van der Waals surface area contributed by atoms with Gasteiger partial charge in [-0.25, -0.2) is 4.79 Å². The molecule has 1 heterocycles. The van der Waals surface area contributed by atoms with Gasteiger partial charge in [-0.3, -0.25) is 0 Å². The van der Waals surface area contributed by atoms with E-state index in [4.69, 9.17) is 4.74 Å². The Morgan fingerprint density at radius 2 is 1.89 bits per heavy atom. The zero-order valence-corrected chi connectivity index (χ0v) is 13.0. The van der Waals surface area contributed by atoms with E-state index in [0.717, 1.165) is 25.7 Å². The molecule has 2 nitrogen and oxygen atoms in total. The lowest BCUT2D eigenvalue weighted by Gasteiger charge is -2.17. The summed E-state index contributed by atoms with van der Waals surface area (Å²) in [6, 6.07) is 1.83. The highest BCUT2D eigenvalue weighted by Gasteiger charge is 2.15. The van der Waals surface area contributed by atoms with Crippen LogP contribution in [0, 0.1) is 0 Å². The summed E-state index contributed by atoms with van der Waals surface area (Å²) in [7, 11) is 0. The fourth-order valence-electron chi connectivity index (χ4n) is 2.09. The normalized spacial score (nSPS) is 12.3. The zero-order chi connectivity index (χ0) is 13.9. The van der Waals surface area contributed by atoms with Crippen molar-refractivity contribution >= 4 is 17.3 Å². The third-order valence-corrected chi connectivity index (χ3v) is 3.97. The zero-order valence-electron chi connectivity index (χ0n) is 12.2. The van der Waals surface area contributed by atoms with Crippen LogP contribution in [0.3, 0.4) is 0 Å². The van der Waals surface area contributed by atoms with Crippen molar-refractivity contribution in [3.8, 4) is 0 Å². The van der Waals surface area contributed by atoms with Gasteiger partial charge in [0.25, 0.3) is 0 Å². The smallest absolute Gasteiger partial charge is 0.339 e. The van der Waals surface area contributed by atoms with E-state index in [9.17, 15) is 4.79 Å². The van der Waals surface area contributed by atoms with Crippen LogP contribution in [0.5, 0.6) is 0 Å². The maximum atomic E-state index is 12.0. The lowest BCUT2D eigenvalue weighted by atomic mass is 10.0. The third-order valence-electron chi connectivity index (χ3n) is 3.29. The Hall–Kier alpha value is -0.830. The minimum absolute atomic E-state index is 0.101. The number of ether oxygens (including phenoxy) is 1. The summed E-state index contributed by atoms with van der Waals surface area (Å²) in [5.41, 5.74) is 0.694. The highest BCUT2D eigenvalue weighted by molar-refractivity contribution is 7.08. The lowest BCUT2D eigenvalue weighted by Crippen LogP contribution is -2.18. The van der Waals surface area contributed by atoms with Crippen LogP contribution < -0.4 is 0 Å². The summed E-state index contributed by atoms with van der Waals surface area (Å²) < 4.78 is 5.64. The number of esters is 1. The number of hydrogen-bond donors (Lipinski definition) is 0. The van der Waals surface area contributed by atoms with Crippen LogP contribution in [0.25, 0.3) is 0 Å². The van der Waals surface area contributed by atoms with Crippen molar-refractivity contribution in [2.45, 2.75) is 71.3 Å². The first-order valence-electron chi connectivity index (χ1n) is 7.51. The Kier molecular flexibility index (Phi) is 8.55. The SMILES string of the molecule is CCCCCCC(CCCC)OC(=O)c1ccsc1. The minimum atomic E-state index is -0.155. The molecule has 19 heavy (non-hydrogen) atoms. The number of rotatable bonds is 10. The van der Waals surface area contributed by atoms with Gasteiger partial charge in [-0.2, -0.15) is 11.3 Å². The van der Waals surface area contributed by atoms with E-state index in [2.05, 4.69) is 13.8 Å². The maximum absolute atomic E-state index is 12.0. The predicted octanol–water partition coefficient (Wildman–Crippen LogP) is 5.43. The molecular weight excluding hydrogens is 256 g/mol. The van der Waals surface area contributed by atoms with Crippen molar-refractivity contribution in [1.82, 2.24) is 0 Å². The predicted molar refractivity (Wildman–Crippen MR) is 81.8 cm³/mol. The molecule has 0 saturated heterocycles. The van der Waals surface area contributed by atoms with Crippen molar-refractivity contribution in [3.63, 3.8) is 0 Å². The Balaban J connectivity index is 2.37. The highest BCUT2D eigenvalue weighted by atomic mass is 32.1. The third kappa shape index (κ3) is 6.76. The van der Waals surface area contributed by atoms with Crippen molar-refractivity contribution in [2.24, 2.45) is 0 Å². The molecule has 1 unspecified atom stereocenters. The number of hydrogen-bond acceptors (Lipinski definition) is 3. The maximum Gasteiger partial charge on any atom is 0.339 e. The number of carbonyl (C=O) groups excluding carboxylic acids is 1. The monoisotopic (exact) mass is 282 g/mol. The molecule has 108 valence electrons. The van der Waals surface area contributed by atoms with Gasteiger partial charge in [0.1, 0.15) is 6.10 Å². The summed E-state index contributed by atoms with van der Waals surface area (Å²) >= 11 is 1.54. The van der Waals surface area contributed by atoms with Crippen molar-refractivity contribution in [3.05, 3.63) is 22.4 Å². The van der Waals surface area contributed by atoms with E-state index < -0.39 is 0 Å². The molecule has 0 aromatic carbocycles. The molecule has 1 aromatic rings. The summed E-state index contributed by atoms with van der Waals surface area (Å²) in [6.07, 6.45) is 9.33. The van der Waals surface area contributed by atoms with Gasteiger partial charge in [-0.15, -0.1) is 0 Å². The molecule has 1 aromatic heterocycles. The standard InChI is InChI=1S/C16H26O2S/c1-3-5-7-8-10-15(9-6-4-2)18-16(17)14-11-12-19-13-14/h11-13,15H,3-10H2,1-2H3. The molecule has 0 aliphatic rings. The number of unbranched alkanes of at least 4 members (excludes halogenated alkanes) is 4. The highest BCUT2D eigenvalue weighted by Crippen LogP contribution is 2.17. The molecule has 0 amide bonds. The number of carbonyl (C=O) groups is 1. The minimum Gasteiger partial charge on any atom is -0.459 e. The van der Waals surface area contributed by atoms with Crippen LogP contribution in [0.4, 0.5) is 0 Å². The van der Waals surface area contributed by atoms with Crippen LogP contribution in [0.2, 0.25) is 0 Å². The molecule has 0 bridgehead atoms. The summed E-state index contributed by atoms with van der Waals surface area (Å²) in [5.74, 6) is -0.155. The van der Waals surface area contributed by atoms with Crippen LogP contribution in [-0.4, -0.2) is 12.1 Å². The van der Waals surface area contributed by atoms with E-state index in [0.29, 0.717) is 5.56 Å². The van der Waals surface area contributed by atoms with Gasteiger partial charge in [-0.05, 0) is 30.7 Å². The topological polar surface area (TPSA) is 26.3 Å². The van der Waals surface area contributed by atoms with Crippen molar-refractivity contribution < 1.29 is 9.53 Å². The lowest BCUT2D eigenvalue weighted by molar-refractivity contribution is 0.0250. The van der Waals surface area contributed by atoms with Crippen molar-refractivity contribution in [1.29, 1.82) is 0 Å². The molecule has 0 radical (unpaired) electrons. The second-order valence-corrected chi connectivity index (χ2v) is 5.81. The molecule has 0 saturated carbocycles. The molecule has 0 aliphatic carbocycles. The molecule has 0 N–H and O–H groups in total. The Labute approximate surface area is 121 Å². The second-order valence-electron chi connectivity index (χ2n) is 5.03. The molecule has 1 atom stereocenters. The molecule has 0 spiro atoms. The first kappa shape index (κ1) is 16.2. The van der Waals surface area contributed by atoms with E-state index in [1.807, 2.05) is 16.8 Å². The van der Waals surface area contributed by atoms with Gasteiger partial charge >= 0.3 is 5.97 Å². The molecule has 3 heteroatoms. The van der Waals surface area contributed by atoms with Gasteiger partial charge in [0, 0.05) is 5.38 Å². The average molecular weight is 282 g/mol. The van der Waals surface area contributed by atoms with Gasteiger partial charge in [0.2, 0.25) is 0 Å². The Morgan fingerprint density at radius 1 is 1.16 bits per heavy atom. The van der Waals surface area contributed by atoms with E-state index in [1.54, 1.807) is 0 Å². The van der Waals surface area contributed by atoms with Crippen molar-refractivity contribution in [2.75, 3.05) is 0 Å². The Bertz CT molecular complexity index is 333. The largest absolute Gasteiger partial charge is 0.459 e. The van der Waals surface area contributed by atoms with Crippen LogP contribution in [0.15, 0.2) is 16.8 Å². The first-order valence-corrected chi connectivity index (χ1v) is 8.45. The Morgan fingerprint density at radius 3 is 2.53 bits per heavy atom. The first-order chi connectivity index (χ1) is 9.27. The van der Waals surface area contributed by atoms with E-state index in [-0.39, 0.29) is 12.1 Å². The van der Waals surface area contributed by atoms with Gasteiger partial charge in [0.05, 0.1) is 5.56 Å². The van der Waals surface area contributed by atoms with Gasteiger partial charge in [0.15, 0.2) is 0 Å². The fraction of sp³-hybridized carbons (Fsp3) is 0.688. The molecule has 0 aliphatic heterocycles. The van der Waals surface area contributed by atoms with Crippen LogP contribution in [-0.2, 0) is 4.74 Å². The van der Waals surface area contributed by atoms with Gasteiger partial charge < -0.3 is 4.74 Å². The van der Waals surface area contributed by atoms with E-state index >= 15 is 0 Å².